The number of rotatable bonds is 9. The number of nitrogens with one attached hydrogen (secondary N) is 1. The quantitative estimate of drug-likeness (QED) is 0.151. The van der Waals surface area contributed by atoms with Crippen molar-refractivity contribution in [2.75, 3.05) is 5.88 Å². The van der Waals surface area contributed by atoms with E-state index in [-0.39, 0.29) is 42.4 Å². The maximum Gasteiger partial charge on any atom is 0.303 e. The number of hydrogen-bond acceptors (Lipinski definition) is 8. The molecule has 210 valence electrons. The Morgan fingerprint density at radius 1 is 1.24 bits per heavy atom. The summed E-state index contributed by atoms with van der Waals surface area (Å²) in [5.74, 6) is -2.32. The Bertz CT molecular complexity index is 888. The SMILES string of the molecule is CC(=O)OC(C)/C=C\C(=O)NC1CC(C)C(C/C=C(C)/C=C/C2OC(C)(O)C[C@@](O)(CCl)[C@@H]2O)OC1C. The van der Waals surface area contributed by atoms with Crippen molar-refractivity contribution in [2.24, 2.45) is 5.92 Å². The first-order chi connectivity index (χ1) is 17.2. The molecule has 2 saturated heterocycles. The molecule has 0 aliphatic carbocycles. The molecule has 1 amide bonds. The molecule has 0 bridgehead atoms. The first-order valence-electron chi connectivity index (χ1n) is 12.7. The van der Waals surface area contributed by atoms with Crippen LogP contribution in [0.4, 0.5) is 0 Å². The third-order valence-corrected chi connectivity index (χ3v) is 7.22. The van der Waals surface area contributed by atoms with E-state index in [9.17, 15) is 24.9 Å². The van der Waals surface area contributed by atoms with Crippen molar-refractivity contribution in [3.63, 3.8) is 0 Å². The van der Waals surface area contributed by atoms with Crippen LogP contribution in [0.25, 0.3) is 0 Å². The van der Waals surface area contributed by atoms with Gasteiger partial charge in [0.2, 0.25) is 5.91 Å². The van der Waals surface area contributed by atoms with Crippen molar-refractivity contribution in [3.8, 4) is 0 Å². The molecule has 2 rings (SSSR count). The Balaban J connectivity index is 1.91. The van der Waals surface area contributed by atoms with Crippen molar-refractivity contribution >= 4 is 23.5 Å². The average molecular weight is 544 g/mol. The molecule has 2 aliphatic heterocycles. The molecule has 37 heavy (non-hydrogen) atoms. The van der Waals surface area contributed by atoms with Gasteiger partial charge < -0.3 is 34.8 Å². The van der Waals surface area contributed by atoms with Crippen molar-refractivity contribution in [3.05, 3.63) is 36.0 Å². The van der Waals surface area contributed by atoms with Gasteiger partial charge >= 0.3 is 5.97 Å². The Kier molecular flexibility index (Phi) is 11.4. The number of allylic oxidation sites excluding steroid dienone is 2. The molecule has 9 nitrogen and oxygen atoms in total. The Labute approximate surface area is 224 Å². The second-order valence-electron chi connectivity index (χ2n) is 10.5. The fourth-order valence-corrected chi connectivity index (χ4v) is 4.99. The molecular formula is C27H42ClNO8. The molecule has 0 aromatic heterocycles. The van der Waals surface area contributed by atoms with Crippen LogP contribution in [0, 0.1) is 5.92 Å². The molecule has 0 aromatic carbocycles. The van der Waals surface area contributed by atoms with Gasteiger partial charge in [-0.15, -0.1) is 11.6 Å². The van der Waals surface area contributed by atoms with Gasteiger partial charge in [0.25, 0.3) is 0 Å². The van der Waals surface area contributed by atoms with Gasteiger partial charge in [0.1, 0.15) is 23.9 Å². The lowest BCUT2D eigenvalue weighted by atomic mass is 9.84. The van der Waals surface area contributed by atoms with E-state index >= 15 is 0 Å². The summed E-state index contributed by atoms with van der Waals surface area (Å²) >= 11 is 5.85. The number of esters is 1. The molecule has 0 aromatic rings. The van der Waals surface area contributed by atoms with Crippen molar-refractivity contribution < 1.29 is 39.1 Å². The minimum Gasteiger partial charge on any atom is -0.459 e. The van der Waals surface area contributed by atoms with Crippen LogP contribution in [0.15, 0.2) is 36.0 Å². The predicted molar refractivity (Wildman–Crippen MR) is 140 cm³/mol. The summed E-state index contributed by atoms with van der Waals surface area (Å²) in [6.07, 6.45) is 6.62. The summed E-state index contributed by atoms with van der Waals surface area (Å²) < 4.78 is 16.7. The van der Waals surface area contributed by atoms with E-state index in [0.29, 0.717) is 6.42 Å². The smallest absolute Gasteiger partial charge is 0.303 e. The number of aliphatic hydroxyl groups is 3. The summed E-state index contributed by atoms with van der Waals surface area (Å²) in [6.45, 7) is 10.3. The maximum atomic E-state index is 12.3. The average Bonchev–Trinajstić information content (AvgIpc) is 2.79. The molecule has 0 spiro atoms. The summed E-state index contributed by atoms with van der Waals surface area (Å²) in [6, 6.07) is -0.143. The van der Waals surface area contributed by atoms with E-state index in [2.05, 4.69) is 12.2 Å². The second-order valence-corrected chi connectivity index (χ2v) is 10.8. The minimum atomic E-state index is -1.65. The van der Waals surface area contributed by atoms with E-state index in [0.717, 1.165) is 12.0 Å². The number of alkyl halides is 1. The Morgan fingerprint density at radius 3 is 2.54 bits per heavy atom. The van der Waals surface area contributed by atoms with Gasteiger partial charge in [-0.25, -0.2) is 0 Å². The zero-order valence-corrected chi connectivity index (χ0v) is 23.3. The summed E-state index contributed by atoms with van der Waals surface area (Å²) in [4.78, 5) is 23.3. The van der Waals surface area contributed by atoms with Gasteiger partial charge in [-0.3, -0.25) is 9.59 Å². The molecule has 2 fully saturated rings. The highest BCUT2D eigenvalue weighted by Gasteiger charge is 2.51. The molecule has 2 aliphatic rings. The van der Waals surface area contributed by atoms with Crippen LogP contribution in [0.5, 0.6) is 0 Å². The van der Waals surface area contributed by atoms with Crippen molar-refractivity contribution in [1.82, 2.24) is 5.32 Å². The van der Waals surface area contributed by atoms with E-state index in [1.165, 1.54) is 26.0 Å². The number of amides is 1. The van der Waals surface area contributed by atoms with Crippen LogP contribution in [0.1, 0.15) is 60.8 Å². The summed E-state index contributed by atoms with van der Waals surface area (Å²) in [5, 5.41) is 34.4. The lowest BCUT2D eigenvalue weighted by molar-refractivity contribution is -0.302. The fourth-order valence-electron chi connectivity index (χ4n) is 4.73. The van der Waals surface area contributed by atoms with Crippen LogP contribution < -0.4 is 5.32 Å². The first kappa shape index (κ1) is 31.5. The zero-order valence-electron chi connectivity index (χ0n) is 22.5. The van der Waals surface area contributed by atoms with Crippen LogP contribution >= 0.6 is 11.6 Å². The number of hydrogen-bond donors (Lipinski definition) is 4. The standard InChI is InChI=1S/C27H42ClNO8/c1-16(8-11-23-25(32)27(34,15-28)14-26(6,33)37-23)7-10-22-17(2)13-21(19(4)36-22)29-24(31)12-9-18(3)35-20(5)30/h7-9,11-12,17-19,21-23,25,32-34H,10,13-15H2,1-6H3,(H,29,31)/b11-8+,12-9-,16-7+/t17?,18?,19?,21?,22?,23?,25-,26?,27-/m1/s1. The fraction of sp³-hybridized carbons (Fsp3) is 0.704. The van der Waals surface area contributed by atoms with E-state index in [4.69, 9.17) is 25.8 Å². The topological polar surface area (TPSA) is 135 Å². The molecular weight excluding hydrogens is 502 g/mol. The number of ether oxygens (including phenoxy) is 3. The molecule has 0 saturated carbocycles. The lowest BCUT2D eigenvalue weighted by Crippen LogP contribution is -2.61. The molecule has 0 radical (unpaired) electrons. The second kappa shape index (κ2) is 13.4. The van der Waals surface area contributed by atoms with Crippen LogP contribution in [-0.2, 0) is 23.8 Å². The predicted octanol–water partition coefficient (Wildman–Crippen LogP) is 2.51. The third-order valence-electron chi connectivity index (χ3n) is 6.75. The highest BCUT2D eigenvalue weighted by molar-refractivity contribution is 6.18. The van der Waals surface area contributed by atoms with E-state index < -0.39 is 35.7 Å². The highest BCUT2D eigenvalue weighted by Crippen LogP contribution is 2.36. The van der Waals surface area contributed by atoms with Gasteiger partial charge in [-0.05, 0) is 52.5 Å². The van der Waals surface area contributed by atoms with Gasteiger partial charge in [0.15, 0.2) is 5.79 Å². The third kappa shape index (κ3) is 9.50. The number of aliphatic hydroxyl groups excluding tert-OH is 1. The minimum absolute atomic E-state index is 0.0374. The Morgan fingerprint density at radius 2 is 1.92 bits per heavy atom. The first-order valence-corrected chi connectivity index (χ1v) is 13.2. The lowest BCUT2D eigenvalue weighted by Gasteiger charge is -2.46. The number of halogens is 1. The summed E-state index contributed by atoms with van der Waals surface area (Å²) in [5.41, 5.74) is -0.749. The van der Waals surface area contributed by atoms with Crippen molar-refractivity contribution in [1.29, 1.82) is 0 Å². The van der Waals surface area contributed by atoms with Gasteiger partial charge in [0.05, 0.1) is 24.1 Å². The largest absolute Gasteiger partial charge is 0.459 e. The van der Waals surface area contributed by atoms with Crippen LogP contribution in [0.2, 0.25) is 0 Å². The molecule has 9 atom stereocenters. The Hall–Kier alpha value is -1.75. The highest BCUT2D eigenvalue weighted by atomic mass is 35.5. The van der Waals surface area contributed by atoms with Crippen LogP contribution in [0.3, 0.4) is 0 Å². The van der Waals surface area contributed by atoms with E-state index in [1.54, 1.807) is 19.1 Å². The van der Waals surface area contributed by atoms with Gasteiger partial charge in [0, 0.05) is 19.4 Å². The van der Waals surface area contributed by atoms with Crippen LogP contribution in [-0.4, -0.2) is 81.0 Å². The zero-order chi connectivity index (χ0) is 28.0. The van der Waals surface area contributed by atoms with Gasteiger partial charge in [-0.2, -0.15) is 0 Å². The van der Waals surface area contributed by atoms with Gasteiger partial charge in [-0.1, -0.05) is 30.7 Å². The molecule has 2 heterocycles. The molecule has 7 unspecified atom stereocenters. The maximum absolute atomic E-state index is 12.3. The summed E-state index contributed by atoms with van der Waals surface area (Å²) in [7, 11) is 0. The van der Waals surface area contributed by atoms with E-state index in [1.807, 2.05) is 19.9 Å². The monoisotopic (exact) mass is 543 g/mol. The van der Waals surface area contributed by atoms with Crippen molar-refractivity contribution in [2.45, 2.75) is 109 Å². The normalized spacial score (nSPS) is 38.1. The number of carbonyl (C=O) groups is 2. The molecule has 4 N–H and O–H groups in total. The molecule has 10 heteroatoms. The number of carbonyl (C=O) groups excluding carboxylic acids is 2.